The van der Waals surface area contributed by atoms with Gasteiger partial charge in [-0.3, -0.25) is 9.69 Å². The average molecular weight is 649 g/mol. The summed E-state index contributed by atoms with van der Waals surface area (Å²) in [6.45, 7) is 4.84. The summed E-state index contributed by atoms with van der Waals surface area (Å²) in [5.41, 5.74) is 7.52. The molecule has 0 aromatic heterocycles. The van der Waals surface area contributed by atoms with E-state index in [1.54, 1.807) is 14.2 Å². The quantitative estimate of drug-likeness (QED) is 0.133. The standard InChI is InChI=1S/C40H48N4O4/c1-41(2)30-16-12-28(13-17-30)33(20-21-43-22-24-44(25-23-43)32-10-8-7-9-11-32)38-35(46-5)27-36(47-6)39-34(26-37(45)48-40(38)39)29-14-18-31(19-15-29)42(3)4/h7-19,27,33-34H,20-26H2,1-6H3/t33-,34-/m1/s1. The number of piperazine rings is 1. The van der Waals surface area contributed by atoms with Crippen LogP contribution in [0.1, 0.15) is 46.9 Å². The molecule has 6 rings (SSSR count). The minimum Gasteiger partial charge on any atom is -0.496 e. The molecule has 2 aliphatic heterocycles. The number of carbonyl (C=O) groups excluding carboxylic acids is 1. The van der Waals surface area contributed by atoms with Crippen molar-refractivity contribution in [2.45, 2.75) is 24.7 Å². The highest BCUT2D eigenvalue weighted by molar-refractivity contribution is 5.81. The van der Waals surface area contributed by atoms with Crippen LogP contribution in [0.3, 0.4) is 0 Å². The van der Waals surface area contributed by atoms with Crippen LogP contribution in [0.2, 0.25) is 0 Å². The lowest BCUT2D eigenvalue weighted by molar-refractivity contribution is -0.135. The van der Waals surface area contributed by atoms with E-state index in [0.717, 1.165) is 72.8 Å². The first kappa shape index (κ1) is 33.2. The summed E-state index contributed by atoms with van der Waals surface area (Å²) in [6, 6.07) is 29.8. The van der Waals surface area contributed by atoms with E-state index in [0.29, 0.717) is 17.2 Å². The van der Waals surface area contributed by atoms with Gasteiger partial charge in [-0.1, -0.05) is 42.5 Å². The molecular formula is C40H48N4O4. The number of benzene rings is 4. The molecule has 8 heteroatoms. The molecule has 0 aliphatic carbocycles. The van der Waals surface area contributed by atoms with Crippen LogP contribution in [0.5, 0.6) is 17.2 Å². The lowest BCUT2D eigenvalue weighted by atomic mass is 9.80. The zero-order valence-corrected chi connectivity index (χ0v) is 29.1. The number of methoxy groups -OCH3 is 2. The number of ether oxygens (including phenoxy) is 3. The molecule has 4 aromatic rings. The minimum absolute atomic E-state index is 0.0781. The van der Waals surface area contributed by atoms with Crippen molar-refractivity contribution in [2.24, 2.45) is 0 Å². The third kappa shape index (κ3) is 6.95. The SMILES string of the molecule is COc1cc(OC)c2c(c1[C@H](CCN1CCN(c3ccccc3)CC1)c1ccc(N(C)C)cc1)OC(=O)C[C@@H]2c1ccc(N(C)C)cc1. The fraction of sp³-hybridized carbons (Fsp3) is 0.375. The maximum atomic E-state index is 13.4. The molecule has 1 saturated heterocycles. The molecule has 0 spiro atoms. The van der Waals surface area contributed by atoms with Gasteiger partial charge < -0.3 is 28.9 Å². The van der Waals surface area contributed by atoms with E-state index < -0.39 is 0 Å². The number of para-hydroxylation sites is 1. The second kappa shape index (κ2) is 14.6. The van der Waals surface area contributed by atoms with Crippen LogP contribution in [0.25, 0.3) is 0 Å². The van der Waals surface area contributed by atoms with Gasteiger partial charge in [-0.05, 0) is 60.5 Å². The maximum absolute atomic E-state index is 13.4. The van der Waals surface area contributed by atoms with Crippen molar-refractivity contribution < 1.29 is 19.0 Å². The van der Waals surface area contributed by atoms with E-state index >= 15 is 0 Å². The van der Waals surface area contributed by atoms with Gasteiger partial charge in [0, 0.05) is 100 Å². The number of rotatable bonds is 11. The van der Waals surface area contributed by atoms with E-state index in [1.165, 1.54) is 5.69 Å². The lowest BCUT2D eigenvalue weighted by Gasteiger charge is -2.37. The molecule has 0 radical (unpaired) electrons. The number of carbonyl (C=O) groups is 1. The fourth-order valence-electron chi connectivity index (χ4n) is 7.13. The van der Waals surface area contributed by atoms with Gasteiger partial charge in [0.05, 0.1) is 20.6 Å². The maximum Gasteiger partial charge on any atom is 0.312 e. The Kier molecular flexibility index (Phi) is 10.1. The van der Waals surface area contributed by atoms with Crippen molar-refractivity contribution in [3.63, 3.8) is 0 Å². The summed E-state index contributed by atoms with van der Waals surface area (Å²) in [4.78, 5) is 22.6. The molecule has 1 fully saturated rings. The molecule has 0 bridgehead atoms. The molecule has 2 atom stereocenters. The minimum atomic E-state index is -0.250. The molecular weight excluding hydrogens is 600 g/mol. The normalized spacial score (nSPS) is 16.9. The lowest BCUT2D eigenvalue weighted by Crippen LogP contribution is -2.46. The van der Waals surface area contributed by atoms with Gasteiger partial charge in [-0.2, -0.15) is 0 Å². The zero-order valence-electron chi connectivity index (χ0n) is 29.1. The summed E-state index contributed by atoms with van der Waals surface area (Å²) in [5, 5.41) is 0. The highest BCUT2D eigenvalue weighted by Gasteiger charge is 2.38. The predicted octanol–water partition coefficient (Wildman–Crippen LogP) is 6.62. The highest BCUT2D eigenvalue weighted by atomic mass is 16.5. The predicted molar refractivity (Wildman–Crippen MR) is 195 cm³/mol. The van der Waals surface area contributed by atoms with Gasteiger partial charge >= 0.3 is 5.97 Å². The summed E-state index contributed by atoms with van der Waals surface area (Å²) in [7, 11) is 11.5. The smallest absolute Gasteiger partial charge is 0.312 e. The molecule has 2 aliphatic rings. The van der Waals surface area contributed by atoms with Gasteiger partial charge in [0.1, 0.15) is 17.2 Å². The average Bonchev–Trinajstić information content (AvgIpc) is 3.12. The number of hydrogen-bond acceptors (Lipinski definition) is 8. The first-order valence-electron chi connectivity index (χ1n) is 16.8. The molecule has 252 valence electrons. The van der Waals surface area contributed by atoms with E-state index in [2.05, 4.69) is 113 Å². The molecule has 8 nitrogen and oxygen atoms in total. The summed E-state index contributed by atoms with van der Waals surface area (Å²) in [5.74, 6) is 1.36. The first-order valence-corrected chi connectivity index (χ1v) is 16.8. The van der Waals surface area contributed by atoms with Crippen LogP contribution < -0.4 is 28.9 Å². The summed E-state index contributed by atoms with van der Waals surface area (Å²) < 4.78 is 18.3. The molecule has 48 heavy (non-hydrogen) atoms. The van der Waals surface area contributed by atoms with Crippen LogP contribution in [-0.4, -0.2) is 86.0 Å². The van der Waals surface area contributed by atoms with Crippen molar-refractivity contribution in [3.8, 4) is 17.2 Å². The Morgan fingerprint density at radius 1 is 0.792 bits per heavy atom. The van der Waals surface area contributed by atoms with Crippen LogP contribution >= 0.6 is 0 Å². The summed E-state index contributed by atoms with van der Waals surface area (Å²) in [6.07, 6.45) is 1.08. The van der Waals surface area contributed by atoms with Crippen LogP contribution in [0.4, 0.5) is 17.1 Å². The Morgan fingerprint density at radius 3 is 1.98 bits per heavy atom. The van der Waals surface area contributed by atoms with E-state index in [1.807, 2.05) is 20.2 Å². The molecule has 4 aromatic carbocycles. The Hall–Kier alpha value is -4.69. The number of anilines is 3. The molecule has 0 N–H and O–H groups in total. The molecule has 0 saturated carbocycles. The largest absolute Gasteiger partial charge is 0.496 e. The van der Waals surface area contributed by atoms with Crippen molar-refractivity contribution in [2.75, 3.05) is 89.8 Å². The van der Waals surface area contributed by atoms with Crippen LogP contribution in [0, 0.1) is 0 Å². The number of esters is 1. The number of nitrogens with zero attached hydrogens (tertiary/aromatic N) is 4. The second-order valence-electron chi connectivity index (χ2n) is 13.1. The number of hydrogen-bond donors (Lipinski definition) is 0. The molecule has 0 amide bonds. The van der Waals surface area contributed by atoms with Crippen LogP contribution in [-0.2, 0) is 4.79 Å². The van der Waals surface area contributed by atoms with Gasteiger partial charge in [0.25, 0.3) is 0 Å². The van der Waals surface area contributed by atoms with E-state index in [4.69, 9.17) is 14.2 Å². The van der Waals surface area contributed by atoms with Crippen molar-refractivity contribution in [1.82, 2.24) is 4.90 Å². The third-order valence-electron chi connectivity index (χ3n) is 9.86. The molecule has 0 unspecified atom stereocenters. The first-order chi connectivity index (χ1) is 23.3. The Bertz CT molecular complexity index is 1680. The second-order valence-corrected chi connectivity index (χ2v) is 13.1. The van der Waals surface area contributed by atoms with Gasteiger partial charge in [0.2, 0.25) is 0 Å². The zero-order chi connectivity index (χ0) is 33.8. The highest BCUT2D eigenvalue weighted by Crippen LogP contribution is 2.53. The summed E-state index contributed by atoms with van der Waals surface area (Å²) >= 11 is 0. The monoisotopic (exact) mass is 648 g/mol. The number of fused-ring (bicyclic) bond motifs is 1. The third-order valence-corrected chi connectivity index (χ3v) is 9.86. The molecule has 2 heterocycles. The van der Waals surface area contributed by atoms with Crippen molar-refractivity contribution >= 4 is 23.0 Å². The van der Waals surface area contributed by atoms with Crippen molar-refractivity contribution in [1.29, 1.82) is 0 Å². The Labute approximate surface area is 285 Å². The Balaban J connectivity index is 1.39. The van der Waals surface area contributed by atoms with Gasteiger partial charge in [-0.25, -0.2) is 0 Å². The topological polar surface area (TPSA) is 57.7 Å². The van der Waals surface area contributed by atoms with Gasteiger partial charge in [-0.15, -0.1) is 0 Å². The van der Waals surface area contributed by atoms with E-state index in [-0.39, 0.29) is 24.2 Å². The van der Waals surface area contributed by atoms with Crippen LogP contribution in [0.15, 0.2) is 84.9 Å². The van der Waals surface area contributed by atoms with Gasteiger partial charge in [0.15, 0.2) is 0 Å². The van der Waals surface area contributed by atoms with E-state index in [9.17, 15) is 4.79 Å². The fourth-order valence-corrected chi connectivity index (χ4v) is 7.13. The van der Waals surface area contributed by atoms with Crippen molar-refractivity contribution in [3.05, 3.63) is 107 Å². The Morgan fingerprint density at radius 2 is 1.40 bits per heavy atom.